The number of hydrogen-bond donors (Lipinski definition) is 2. The number of aromatic nitrogens is 2. The van der Waals surface area contributed by atoms with Crippen LogP contribution in [0.25, 0.3) is 0 Å². The van der Waals surface area contributed by atoms with Gasteiger partial charge in [0.05, 0.1) is 0 Å². The lowest BCUT2D eigenvalue weighted by molar-refractivity contribution is 1.01. The molecule has 0 spiro atoms. The fraction of sp³-hybridized carbons (Fsp3) is 0.286. The number of hydrogen-bond acceptors (Lipinski definition) is 3. The highest BCUT2D eigenvalue weighted by molar-refractivity contribution is 5.78. The number of nitrogens with zero attached hydrogens (tertiary/aromatic N) is 3. The second-order valence-corrected chi connectivity index (χ2v) is 2.45. The van der Waals surface area contributed by atoms with Gasteiger partial charge in [-0.25, -0.2) is 9.97 Å². The fourth-order valence-electron chi connectivity index (χ4n) is 0.887. The average Bonchev–Trinajstić information content (AvgIpc) is 1.81. The summed E-state index contributed by atoms with van der Waals surface area (Å²) in [7, 11) is 0. The Morgan fingerprint density at radius 3 is 2.50 bits per heavy atom. The van der Waals surface area contributed by atoms with Crippen LogP contribution in [-0.2, 0) is 0 Å². The minimum atomic E-state index is 0.00694. The molecule has 0 saturated carbocycles. The maximum atomic E-state index is 5.19. The molecule has 0 aliphatic rings. The molecule has 0 aliphatic carbocycles. The van der Waals surface area contributed by atoms with Gasteiger partial charge in [-0.3, -0.25) is 0 Å². The Balaban J connectivity index is 3.09. The Morgan fingerprint density at radius 1 is 1.33 bits per heavy atom. The van der Waals surface area contributed by atoms with E-state index in [1.54, 1.807) is 13.0 Å². The number of aryl methyl sites for hydroxylation is 2. The highest BCUT2D eigenvalue weighted by atomic mass is 15.1. The maximum Gasteiger partial charge on any atom is 0.192 e. The van der Waals surface area contributed by atoms with Gasteiger partial charge < -0.3 is 11.5 Å². The summed E-state index contributed by atoms with van der Waals surface area (Å²) in [6, 6.07) is 1.72. The van der Waals surface area contributed by atoms with Crippen LogP contribution in [0.1, 0.15) is 11.5 Å². The van der Waals surface area contributed by atoms with E-state index >= 15 is 0 Å². The van der Waals surface area contributed by atoms with Crippen LogP contribution >= 0.6 is 0 Å². The van der Waals surface area contributed by atoms with Crippen molar-refractivity contribution in [3.8, 4) is 0 Å². The highest BCUT2D eigenvalue weighted by Gasteiger charge is 1.96. The van der Waals surface area contributed by atoms with Crippen molar-refractivity contribution < 1.29 is 0 Å². The molecule has 12 heavy (non-hydrogen) atoms. The van der Waals surface area contributed by atoms with Gasteiger partial charge in [0.15, 0.2) is 11.8 Å². The average molecular weight is 165 g/mol. The van der Waals surface area contributed by atoms with Gasteiger partial charge in [-0.1, -0.05) is 0 Å². The van der Waals surface area contributed by atoms with E-state index in [4.69, 9.17) is 11.5 Å². The molecule has 64 valence electrons. The molecule has 0 fully saturated rings. The quantitative estimate of drug-likeness (QED) is 0.452. The van der Waals surface area contributed by atoms with Crippen LogP contribution < -0.4 is 11.5 Å². The Bertz CT molecular complexity index is 293. The summed E-state index contributed by atoms with van der Waals surface area (Å²) < 4.78 is 0. The molecule has 5 heteroatoms. The molecule has 0 atom stereocenters. The van der Waals surface area contributed by atoms with Crippen molar-refractivity contribution in [3.05, 3.63) is 17.6 Å². The summed E-state index contributed by atoms with van der Waals surface area (Å²) in [5.74, 6) is 1.17. The van der Waals surface area contributed by atoms with Gasteiger partial charge in [-0.05, 0) is 13.8 Å². The highest BCUT2D eigenvalue weighted by Crippen LogP contribution is 2.08. The SMILES string of the molecule is Cc1cc(N=C(N)N)nc(C)n1. The molecule has 0 aromatic carbocycles. The smallest absolute Gasteiger partial charge is 0.192 e. The van der Waals surface area contributed by atoms with Gasteiger partial charge in [-0.2, -0.15) is 4.99 Å². The Labute approximate surface area is 70.5 Å². The third-order valence-corrected chi connectivity index (χ3v) is 1.20. The third kappa shape index (κ3) is 2.19. The van der Waals surface area contributed by atoms with E-state index < -0.39 is 0 Å². The van der Waals surface area contributed by atoms with Crippen molar-refractivity contribution in [2.75, 3.05) is 0 Å². The van der Waals surface area contributed by atoms with Crippen molar-refractivity contribution in [3.63, 3.8) is 0 Å². The predicted octanol–water partition coefficient (Wildman–Crippen LogP) is -0.00166. The number of rotatable bonds is 1. The molecule has 4 N–H and O–H groups in total. The van der Waals surface area contributed by atoms with Gasteiger partial charge in [0.25, 0.3) is 0 Å². The van der Waals surface area contributed by atoms with Crippen molar-refractivity contribution >= 4 is 11.8 Å². The number of aliphatic imine (C=N–C) groups is 1. The Morgan fingerprint density at radius 2 is 2.00 bits per heavy atom. The first kappa shape index (κ1) is 8.45. The summed E-state index contributed by atoms with van der Waals surface area (Å²) in [6.45, 7) is 3.65. The zero-order chi connectivity index (χ0) is 9.14. The van der Waals surface area contributed by atoms with E-state index in [1.807, 2.05) is 6.92 Å². The first-order valence-electron chi connectivity index (χ1n) is 3.50. The van der Waals surface area contributed by atoms with Gasteiger partial charge in [-0.15, -0.1) is 0 Å². The molecule has 0 amide bonds. The van der Waals surface area contributed by atoms with Crippen molar-refractivity contribution in [1.82, 2.24) is 9.97 Å². The van der Waals surface area contributed by atoms with Crippen LogP contribution in [0.3, 0.4) is 0 Å². The van der Waals surface area contributed by atoms with Gasteiger partial charge in [0.1, 0.15) is 5.82 Å². The molecule has 1 rings (SSSR count). The van der Waals surface area contributed by atoms with E-state index in [-0.39, 0.29) is 5.96 Å². The monoisotopic (exact) mass is 165 g/mol. The maximum absolute atomic E-state index is 5.19. The first-order valence-corrected chi connectivity index (χ1v) is 3.50. The van der Waals surface area contributed by atoms with E-state index in [0.29, 0.717) is 11.6 Å². The Hall–Kier alpha value is -1.65. The van der Waals surface area contributed by atoms with Crippen LogP contribution in [-0.4, -0.2) is 15.9 Å². The Kier molecular flexibility index (Phi) is 2.23. The van der Waals surface area contributed by atoms with Crippen LogP contribution in [0.5, 0.6) is 0 Å². The van der Waals surface area contributed by atoms with Crippen LogP contribution in [0, 0.1) is 13.8 Å². The summed E-state index contributed by atoms with van der Waals surface area (Å²) in [4.78, 5) is 11.9. The third-order valence-electron chi connectivity index (χ3n) is 1.20. The second-order valence-electron chi connectivity index (χ2n) is 2.45. The minimum absolute atomic E-state index is 0.00694. The van der Waals surface area contributed by atoms with Gasteiger partial charge in [0, 0.05) is 11.8 Å². The summed E-state index contributed by atoms with van der Waals surface area (Å²) in [5, 5.41) is 0. The predicted molar refractivity (Wildman–Crippen MR) is 47.0 cm³/mol. The molecular formula is C7H11N5. The lowest BCUT2D eigenvalue weighted by Gasteiger charge is -1.97. The van der Waals surface area contributed by atoms with E-state index in [1.165, 1.54) is 0 Å². The van der Waals surface area contributed by atoms with E-state index in [0.717, 1.165) is 5.69 Å². The molecule has 1 aromatic rings. The fourth-order valence-corrected chi connectivity index (χ4v) is 0.887. The van der Waals surface area contributed by atoms with E-state index in [9.17, 15) is 0 Å². The zero-order valence-corrected chi connectivity index (χ0v) is 7.07. The molecule has 5 nitrogen and oxygen atoms in total. The van der Waals surface area contributed by atoms with Crippen LogP contribution in [0.4, 0.5) is 5.82 Å². The zero-order valence-electron chi connectivity index (χ0n) is 7.07. The summed E-state index contributed by atoms with van der Waals surface area (Å²) in [6.07, 6.45) is 0. The molecule has 1 heterocycles. The standard InChI is InChI=1S/C7H11N5/c1-4-3-6(12-7(8)9)11-5(2)10-4/h3H,1-2H3,(H4,8,9,10,11,12). The van der Waals surface area contributed by atoms with Crippen molar-refractivity contribution in [2.24, 2.45) is 16.5 Å². The number of guanidine groups is 1. The summed E-state index contributed by atoms with van der Waals surface area (Å²) in [5.41, 5.74) is 11.2. The second kappa shape index (κ2) is 3.17. The van der Waals surface area contributed by atoms with Crippen LogP contribution in [0.2, 0.25) is 0 Å². The lowest BCUT2D eigenvalue weighted by Crippen LogP contribution is -2.22. The molecule has 0 aliphatic heterocycles. The molecule has 0 radical (unpaired) electrons. The minimum Gasteiger partial charge on any atom is -0.370 e. The topological polar surface area (TPSA) is 90.2 Å². The van der Waals surface area contributed by atoms with Gasteiger partial charge in [0.2, 0.25) is 0 Å². The first-order chi connectivity index (χ1) is 5.58. The van der Waals surface area contributed by atoms with Crippen molar-refractivity contribution in [1.29, 1.82) is 0 Å². The normalized spacial score (nSPS) is 9.50. The molecule has 0 bridgehead atoms. The van der Waals surface area contributed by atoms with Crippen molar-refractivity contribution in [2.45, 2.75) is 13.8 Å². The molecule has 0 unspecified atom stereocenters. The molecule has 1 aromatic heterocycles. The largest absolute Gasteiger partial charge is 0.370 e. The molecular weight excluding hydrogens is 154 g/mol. The number of nitrogens with two attached hydrogens (primary N) is 2. The van der Waals surface area contributed by atoms with Gasteiger partial charge >= 0.3 is 0 Å². The van der Waals surface area contributed by atoms with E-state index in [2.05, 4.69) is 15.0 Å². The molecule has 0 saturated heterocycles. The summed E-state index contributed by atoms with van der Waals surface area (Å²) >= 11 is 0. The van der Waals surface area contributed by atoms with Crippen LogP contribution in [0.15, 0.2) is 11.1 Å². The lowest BCUT2D eigenvalue weighted by atomic mass is 10.4.